The van der Waals surface area contributed by atoms with Gasteiger partial charge in [-0.15, -0.1) is 22.2 Å². The topological polar surface area (TPSA) is 0 Å². The molecule has 8 aromatic carbocycles. The van der Waals surface area contributed by atoms with Gasteiger partial charge in [-0.2, -0.15) is 0 Å². The van der Waals surface area contributed by atoms with Crippen LogP contribution in [0.3, 0.4) is 0 Å². The van der Waals surface area contributed by atoms with Crippen molar-refractivity contribution in [1.82, 2.24) is 0 Å². The van der Waals surface area contributed by atoms with E-state index in [1.807, 2.05) is 0 Å². The molecule has 0 nitrogen and oxygen atoms in total. The van der Waals surface area contributed by atoms with Gasteiger partial charge in [-0.1, -0.05) is 348 Å². The summed E-state index contributed by atoms with van der Waals surface area (Å²) in [5.41, 5.74) is 32.6. The smallest absolute Gasteiger partial charge is 0.125 e. The highest BCUT2D eigenvalue weighted by Crippen LogP contribution is 2.46. The molecule has 0 radical (unpaired) electrons. The van der Waals surface area contributed by atoms with Crippen LogP contribution in [0.1, 0.15) is 211 Å². The van der Waals surface area contributed by atoms with Gasteiger partial charge in [-0.3, -0.25) is 0 Å². The van der Waals surface area contributed by atoms with Crippen LogP contribution in [0, 0.1) is 45.9 Å². The van der Waals surface area contributed by atoms with Crippen molar-refractivity contribution in [3.8, 4) is 45.9 Å². The maximum atomic E-state index is 4.07. The molecule has 8 rings (SSSR count). The Morgan fingerprint density at radius 1 is 0.207 bits per heavy atom. The molecule has 0 aliphatic carbocycles. The molecule has 0 fully saturated rings. The molecule has 0 spiro atoms. The Hall–Kier alpha value is -6.61. The van der Waals surface area contributed by atoms with Crippen LogP contribution in [0.2, 0.25) is 66.5 Å². The van der Waals surface area contributed by atoms with Crippen LogP contribution in [0.5, 0.6) is 0 Å². The van der Waals surface area contributed by atoms with E-state index in [9.17, 15) is 0 Å². The van der Waals surface area contributed by atoms with Crippen LogP contribution in [0.25, 0.3) is 67.4 Å². The maximum Gasteiger partial charge on any atom is 0.146 e. The summed E-state index contributed by atoms with van der Waals surface area (Å²) >= 11 is 0. The zero-order chi connectivity index (χ0) is 67.6. The lowest BCUT2D eigenvalue weighted by atomic mass is 9.91. The summed E-state index contributed by atoms with van der Waals surface area (Å²) < 4.78 is 0. The highest BCUT2D eigenvalue weighted by molar-refractivity contribution is 6.92. The molecule has 0 aromatic heterocycles. The van der Waals surface area contributed by atoms with Crippen molar-refractivity contribution < 1.29 is 0 Å². The lowest BCUT2D eigenvalue weighted by molar-refractivity contribution is 0.838. The molecule has 0 aliphatic heterocycles. The van der Waals surface area contributed by atoms with E-state index in [4.69, 9.17) is 0 Å². The molecule has 92 heavy (non-hydrogen) atoms. The Labute approximate surface area is 564 Å². The largest absolute Gasteiger partial charge is 0.146 e. The minimum Gasteiger partial charge on any atom is -0.125 e. The molecule has 0 saturated carbocycles. The number of benzene rings is 8. The average molecular weight is 1280 g/mol. The van der Waals surface area contributed by atoms with Gasteiger partial charge in [0.1, 0.15) is 32.3 Å². The van der Waals surface area contributed by atoms with E-state index in [-0.39, 0.29) is 0 Å². The monoisotopic (exact) mass is 1280 g/mol. The predicted molar refractivity (Wildman–Crippen MR) is 425 cm³/mol. The average Bonchev–Trinajstić information content (AvgIpc) is 0.752. The normalized spacial score (nSPS) is 12.7. The first kappa shape index (κ1) is 72.8. The van der Waals surface area contributed by atoms with Gasteiger partial charge in [0.2, 0.25) is 0 Å². The van der Waals surface area contributed by atoms with Crippen LogP contribution in [0.4, 0.5) is 0 Å². The highest BCUT2D eigenvalue weighted by Gasteiger charge is 2.45. The SMILES string of the molecule is CC(C)[Si](C#Cc1c2ccccc2c(C#C[Si](C(C)C)(C(C)C)C(C)C)c2cc(/C=C/c3ccccc3)ccc12)(C(C)C)C(C)C.CC(C)[Si](C#Cc1c2ccccc2c(C#C[Si](C(C)C)(C(C)C)C(C)C)c2cc(/C=C/c3ccccc3)ccc12)(C(C)C)C(C)C. The fourth-order valence-electron chi connectivity index (χ4n) is 17.1. The first-order valence-electron chi connectivity index (χ1n) is 35.1. The van der Waals surface area contributed by atoms with Crippen molar-refractivity contribution in [2.24, 2.45) is 0 Å². The molecule has 0 aliphatic rings. The van der Waals surface area contributed by atoms with Crippen LogP contribution in [-0.2, 0) is 0 Å². The summed E-state index contributed by atoms with van der Waals surface area (Å²) in [4.78, 5) is 0. The molecule has 8 aromatic rings. The van der Waals surface area contributed by atoms with Crippen LogP contribution in [0.15, 0.2) is 146 Å². The molecule has 0 unspecified atom stereocenters. The first-order chi connectivity index (χ1) is 43.5. The number of hydrogen-bond donors (Lipinski definition) is 0. The van der Waals surface area contributed by atoms with Gasteiger partial charge in [0, 0.05) is 22.3 Å². The second-order valence-corrected chi connectivity index (χ2v) is 52.6. The number of fused-ring (bicyclic) bond motifs is 4. The molecule has 0 amide bonds. The summed E-state index contributed by atoms with van der Waals surface area (Å²) in [7, 11) is -7.76. The van der Waals surface area contributed by atoms with E-state index in [1.54, 1.807) is 0 Å². The molecule has 4 heteroatoms. The number of rotatable bonds is 16. The van der Waals surface area contributed by atoms with Crippen molar-refractivity contribution in [3.63, 3.8) is 0 Å². The molecular formula is C88H112Si4. The van der Waals surface area contributed by atoms with Gasteiger partial charge in [-0.05, 0) is 144 Å². The number of hydrogen-bond acceptors (Lipinski definition) is 0. The van der Waals surface area contributed by atoms with Crippen molar-refractivity contribution in [2.75, 3.05) is 0 Å². The van der Waals surface area contributed by atoms with Crippen molar-refractivity contribution in [3.05, 3.63) is 190 Å². The van der Waals surface area contributed by atoms with E-state index in [1.165, 1.54) is 65.3 Å². The first-order valence-corrected chi connectivity index (χ1v) is 44.0. The minimum absolute atomic E-state index is 0.577. The van der Waals surface area contributed by atoms with Crippen LogP contribution < -0.4 is 0 Å². The Balaban J connectivity index is 0.000000261. The minimum atomic E-state index is -1.95. The second-order valence-electron chi connectivity index (χ2n) is 30.3. The Kier molecular flexibility index (Phi) is 24.6. The molecule has 0 heterocycles. The summed E-state index contributed by atoms with van der Waals surface area (Å²) in [5, 5.41) is 9.78. The third kappa shape index (κ3) is 14.8. The quantitative estimate of drug-likeness (QED) is 0.0391. The van der Waals surface area contributed by atoms with E-state index in [0.29, 0.717) is 66.5 Å². The van der Waals surface area contributed by atoms with Crippen molar-refractivity contribution >= 4 is 99.7 Å². The lowest BCUT2D eigenvalue weighted by Gasteiger charge is -2.38. The van der Waals surface area contributed by atoms with Crippen molar-refractivity contribution in [2.45, 2.75) is 233 Å². The predicted octanol–water partition coefficient (Wildman–Crippen LogP) is 26.6. The third-order valence-corrected chi connectivity index (χ3v) is 46.9. The summed E-state index contributed by atoms with van der Waals surface area (Å²) in [6.45, 7) is 57.6. The van der Waals surface area contributed by atoms with Gasteiger partial charge in [0.25, 0.3) is 0 Å². The highest BCUT2D eigenvalue weighted by atomic mass is 28.3. The van der Waals surface area contributed by atoms with Gasteiger partial charge < -0.3 is 0 Å². The lowest BCUT2D eigenvalue weighted by Crippen LogP contribution is -2.43. The Morgan fingerprint density at radius 3 is 0.609 bits per heavy atom. The molecule has 0 atom stereocenters. The Morgan fingerprint density at radius 2 is 0.391 bits per heavy atom. The third-order valence-electron chi connectivity index (χ3n) is 21.7. The van der Waals surface area contributed by atoms with Crippen LogP contribution >= 0.6 is 0 Å². The molecular weight excluding hydrogens is 1170 g/mol. The Bertz CT molecular complexity index is 3810. The molecule has 0 bridgehead atoms. The molecule has 480 valence electrons. The fourth-order valence-corrected chi connectivity index (χ4v) is 37.9. The molecule has 0 N–H and O–H groups in total. The fraction of sp³-hybridized carbons (Fsp3) is 0.409. The van der Waals surface area contributed by atoms with Gasteiger partial charge >= 0.3 is 0 Å². The van der Waals surface area contributed by atoms with Crippen LogP contribution in [-0.4, -0.2) is 32.3 Å². The standard InChI is InChI=1S/2C44H56Si2/c2*1-31(2)45(32(3)4,33(5)6)28-26-42-39-20-16-17-21-40(39)43(27-29-46(34(7)8,35(9)10)36(11)12)44-30-38(24-25-41(42)44)23-22-37-18-14-13-15-19-37/h2*13-25,30-36H,1-12H3/b2*23-22+. The van der Waals surface area contributed by atoms with E-state index >= 15 is 0 Å². The van der Waals surface area contributed by atoms with E-state index < -0.39 is 32.3 Å². The van der Waals surface area contributed by atoms with Gasteiger partial charge in [-0.25, -0.2) is 0 Å². The zero-order valence-electron chi connectivity index (χ0n) is 61.1. The van der Waals surface area contributed by atoms with Crippen molar-refractivity contribution in [1.29, 1.82) is 0 Å². The van der Waals surface area contributed by atoms with Gasteiger partial charge in [0.05, 0.1) is 0 Å². The summed E-state index contributed by atoms with van der Waals surface area (Å²) in [5.74, 6) is 15.6. The molecule has 0 saturated heterocycles. The zero-order valence-corrected chi connectivity index (χ0v) is 65.1. The maximum absolute atomic E-state index is 4.07. The summed E-state index contributed by atoms with van der Waals surface area (Å²) in [6.07, 6.45) is 8.87. The van der Waals surface area contributed by atoms with E-state index in [2.05, 4.69) is 382 Å². The van der Waals surface area contributed by atoms with Gasteiger partial charge in [0.15, 0.2) is 0 Å². The summed E-state index contributed by atoms with van der Waals surface area (Å²) in [6, 6.07) is 52.7. The second kappa shape index (κ2) is 31.1. The van der Waals surface area contributed by atoms with E-state index in [0.717, 1.165) is 22.3 Å².